The largest absolute Gasteiger partial charge is 0.466 e. The summed E-state index contributed by atoms with van der Waals surface area (Å²) >= 11 is 0. The molecule has 0 aliphatic carbocycles. The Morgan fingerprint density at radius 2 is 1.88 bits per heavy atom. The second-order valence-corrected chi connectivity index (χ2v) is 8.33. The number of ether oxygens (including phenoxy) is 1. The fourth-order valence-electron chi connectivity index (χ4n) is 3.04. The van der Waals surface area contributed by atoms with Crippen molar-refractivity contribution >= 4 is 21.4 Å². The topological polar surface area (TPSA) is 67.8 Å². The van der Waals surface area contributed by atoms with Gasteiger partial charge in [-0.2, -0.15) is 0 Å². The van der Waals surface area contributed by atoms with Crippen molar-refractivity contribution in [2.45, 2.75) is 32.4 Å². The van der Waals surface area contributed by atoms with Crippen molar-refractivity contribution < 1.29 is 17.5 Å². The molecule has 1 atom stereocenters. The average molecular weight is 376 g/mol. The van der Waals surface area contributed by atoms with E-state index in [1.54, 1.807) is 30.3 Å². The lowest BCUT2D eigenvalue weighted by Gasteiger charge is -2.33. The first-order chi connectivity index (χ1) is 12.2. The molecule has 0 saturated heterocycles. The molecular formula is C19H21FN2O3S. The number of fused-ring (bicyclic) bond motifs is 1. The number of nitrogens with one attached hydrogen (secondary N) is 1. The Balaban J connectivity index is 2.11. The summed E-state index contributed by atoms with van der Waals surface area (Å²) in [6.45, 7) is 3.93. The Hall–Kier alpha value is -2.41. The number of halogens is 1. The zero-order valence-electron chi connectivity index (χ0n) is 14.9. The number of rotatable bonds is 5. The number of benzene rings is 2. The molecule has 1 aliphatic rings. The zero-order chi connectivity index (χ0) is 18.9. The first kappa shape index (κ1) is 18.4. The third-order valence-corrected chi connectivity index (χ3v) is 4.66. The highest BCUT2D eigenvalue weighted by atomic mass is 32.2. The van der Waals surface area contributed by atoms with Crippen molar-refractivity contribution in [2.24, 2.45) is 4.99 Å². The van der Waals surface area contributed by atoms with E-state index >= 15 is 0 Å². The van der Waals surface area contributed by atoms with Crippen LogP contribution in [0.15, 0.2) is 47.5 Å². The van der Waals surface area contributed by atoms with Crippen LogP contribution in [0.4, 0.5) is 10.1 Å². The standard InChI is InChI=1S/C19H21FN2O3S/c1-4-11-19(2)21-18(13-5-7-14(20)8-6-13)16-10-9-15(12-17(16)25-19)22-26(3,23)24/h5-10,12,22H,4,11H2,1-3H3. The van der Waals surface area contributed by atoms with E-state index in [9.17, 15) is 12.8 Å². The molecule has 0 bridgehead atoms. The molecule has 1 N–H and O–H groups in total. The van der Waals surface area contributed by atoms with E-state index in [1.807, 2.05) is 13.8 Å². The molecule has 2 aromatic rings. The predicted octanol–water partition coefficient (Wildman–Crippen LogP) is 3.94. The lowest BCUT2D eigenvalue weighted by molar-refractivity contribution is 0.0840. The van der Waals surface area contributed by atoms with Crippen LogP contribution < -0.4 is 9.46 Å². The number of aliphatic imine (C=N–C) groups is 1. The molecule has 2 aromatic carbocycles. The van der Waals surface area contributed by atoms with Crippen LogP contribution in [-0.4, -0.2) is 26.1 Å². The normalized spacial score (nSPS) is 19.3. The molecule has 3 rings (SSSR count). The van der Waals surface area contributed by atoms with Crippen LogP contribution in [0.2, 0.25) is 0 Å². The lowest BCUT2D eigenvalue weighted by atomic mass is 9.97. The van der Waals surface area contributed by atoms with Crippen molar-refractivity contribution in [1.82, 2.24) is 0 Å². The van der Waals surface area contributed by atoms with Gasteiger partial charge in [-0.25, -0.2) is 17.8 Å². The number of sulfonamides is 1. The van der Waals surface area contributed by atoms with Crippen molar-refractivity contribution in [3.8, 4) is 5.75 Å². The van der Waals surface area contributed by atoms with Crippen molar-refractivity contribution in [1.29, 1.82) is 0 Å². The van der Waals surface area contributed by atoms with Gasteiger partial charge in [0.25, 0.3) is 0 Å². The molecule has 26 heavy (non-hydrogen) atoms. The molecule has 0 fully saturated rings. The van der Waals surface area contributed by atoms with Crippen LogP contribution in [0.1, 0.15) is 37.8 Å². The van der Waals surface area contributed by atoms with Gasteiger partial charge in [-0.3, -0.25) is 4.72 Å². The highest BCUT2D eigenvalue weighted by Gasteiger charge is 2.32. The highest BCUT2D eigenvalue weighted by Crippen LogP contribution is 2.36. The van der Waals surface area contributed by atoms with E-state index in [-0.39, 0.29) is 5.82 Å². The van der Waals surface area contributed by atoms with E-state index in [0.717, 1.165) is 23.8 Å². The molecule has 5 nitrogen and oxygen atoms in total. The minimum atomic E-state index is -3.39. The number of hydrogen-bond donors (Lipinski definition) is 1. The minimum Gasteiger partial charge on any atom is -0.466 e. The molecular weight excluding hydrogens is 355 g/mol. The Bertz CT molecular complexity index is 955. The summed E-state index contributed by atoms with van der Waals surface area (Å²) in [5.41, 5.74) is 1.87. The van der Waals surface area contributed by atoms with E-state index < -0.39 is 15.7 Å². The highest BCUT2D eigenvalue weighted by molar-refractivity contribution is 7.92. The van der Waals surface area contributed by atoms with Crippen LogP contribution in [-0.2, 0) is 10.0 Å². The quantitative estimate of drug-likeness (QED) is 0.859. The van der Waals surface area contributed by atoms with Gasteiger partial charge in [0.1, 0.15) is 11.6 Å². The summed E-state index contributed by atoms with van der Waals surface area (Å²) in [5.74, 6) is 0.231. The lowest BCUT2D eigenvalue weighted by Crippen LogP contribution is -2.35. The van der Waals surface area contributed by atoms with Gasteiger partial charge < -0.3 is 4.74 Å². The second-order valence-electron chi connectivity index (χ2n) is 6.58. The molecule has 1 heterocycles. The van der Waals surface area contributed by atoms with Gasteiger partial charge in [0.2, 0.25) is 10.0 Å². The summed E-state index contributed by atoms with van der Waals surface area (Å²) in [6, 6.07) is 11.2. The SMILES string of the molecule is CCCC1(C)N=C(c2ccc(F)cc2)c2ccc(NS(C)(=O)=O)cc2O1. The van der Waals surface area contributed by atoms with Gasteiger partial charge in [0.05, 0.1) is 17.7 Å². The predicted molar refractivity (Wildman–Crippen MR) is 101 cm³/mol. The zero-order valence-corrected chi connectivity index (χ0v) is 15.7. The fourth-order valence-corrected chi connectivity index (χ4v) is 3.59. The molecule has 0 radical (unpaired) electrons. The Morgan fingerprint density at radius 3 is 2.50 bits per heavy atom. The first-order valence-electron chi connectivity index (χ1n) is 8.36. The average Bonchev–Trinajstić information content (AvgIpc) is 2.53. The molecule has 0 amide bonds. The maximum Gasteiger partial charge on any atom is 0.229 e. The van der Waals surface area contributed by atoms with Crippen molar-refractivity contribution in [2.75, 3.05) is 11.0 Å². The Labute approximate surface area is 153 Å². The van der Waals surface area contributed by atoms with Gasteiger partial charge in [-0.15, -0.1) is 0 Å². The van der Waals surface area contributed by atoms with Crippen LogP contribution in [0, 0.1) is 5.82 Å². The summed E-state index contributed by atoms with van der Waals surface area (Å²) in [6.07, 6.45) is 2.66. The van der Waals surface area contributed by atoms with Gasteiger partial charge in [0.15, 0.2) is 5.72 Å². The van der Waals surface area contributed by atoms with E-state index in [4.69, 9.17) is 9.73 Å². The van der Waals surface area contributed by atoms with Crippen molar-refractivity contribution in [3.05, 3.63) is 59.4 Å². The monoisotopic (exact) mass is 376 g/mol. The van der Waals surface area contributed by atoms with E-state index in [2.05, 4.69) is 4.72 Å². The van der Waals surface area contributed by atoms with Gasteiger partial charge in [-0.05, 0) is 43.3 Å². The smallest absolute Gasteiger partial charge is 0.229 e. The summed E-state index contributed by atoms with van der Waals surface area (Å²) < 4.78 is 44.9. The molecule has 0 spiro atoms. The van der Waals surface area contributed by atoms with Crippen LogP contribution in [0.3, 0.4) is 0 Å². The summed E-state index contributed by atoms with van der Waals surface area (Å²) in [5, 5.41) is 0. The Kier molecular flexibility index (Phi) is 4.75. The van der Waals surface area contributed by atoms with Crippen LogP contribution in [0.25, 0.3) is 0 Å². The van der Waals surface area contributed by atoms with Gasteiger partial charge >= 0.3 is 0 Å². The molecule has 138 valence electrons. The molecule has 1 unspecified atom stereocenters. The molecule has 0 saturated carbocycles. The number of hydrogen-bond acceptors (Lipinski definition) is 4. The maximum absolute atomic E-state index is 13.3. The van der Waals surface area contributed by atoms with Crippen LogP contribution in [0.5, 0.6) is 5.75 Å². The van der Waals surface area contributed by atoms with Gasteiger partial charge in [-0.1, -0.05) is 13.3 Å². The molecule has 0 aromatic heterocycles. The minimum absolute atomic E-state index is 0.314. The van der Waals surface area contributed by atoms with Crippen molar-refractivity contribution in [3.63, 3.8) is 0 Å². The second kappa shape index (κ2) is 6.72. The first-order valence-corrected chi connectivity index (χ1v) is 10.3. The van der Waals surface area contributed by atoms with Crippen LogP contribution >= 0.6 is 0 Å². The molecule has 7 heteroatoms. The third-order valence-electron chi connectivity index (χ3n) is 4.05. The fraction of sp³-hybridized carbons (Fsp3) is 0.316. The Morgan fingerprint density at radius 1 is 1.19 bits per heavy atom. The summed E-state index contributed by atoms with van der Waals surface area (Å²) in [4.78, 5) is 4.78. The molecule has 1 aliphatic heterocycles. The maximum atomic E-state index is 13.3. The van der Waals surface area contributed by atoms with E-state index in [1.165, 1.54) is 12.1 Å². The third kappa shape index (κ3) is 4.04. The van der Waals surface area contributed by atoms with E-state index in [0.29, 0.717) is 23.6 Å². The number of nitrogens with zero attached hydrogens (tertiary/aromatic N) is 1. The summed E-state index contributed by atoms with van der Waals surface area (Å²) in [7, 11) is -3.39. The number of anilines is 1. The van der Waals surface area contributed by atoms with Gasteiger partial charge in [0, 0.05) is 23.6 Å².